The van der Waals surface area contributed by atoms with Crippen molar-refractivity contribution >= 4 is 17.7 Å². The Morgan fingerprint density at radius 1 is 1.52 bits per heavy atom. The van der Waals surface area contributed by atoms with Crippen LogP contribution in [0.5, 0.6) is 0 Å². The Kier molecular flexibility index (Phi) is 4.85. The minimum absolute atomic E-state index is 0.149. The number of nitrogens with zero attached hydrogens (tertiary/aromatic N) is 3. The number of hydrogen-bond acceptors (Lipinski definition) is 5. The van der Waals surface area contributed by atoms with Crippen LogP contribution >= 0.6 is 11.8 Å². The first kappa shape index (κ1) is 15.9. The van der Waals surface area contributed by atoms with Crippen molar-refractivity contribution in [1.82, 2.24) is 14.5 Å². The topological polar surface area (TPSA) is 68.3 Å². The van der Waals surface area contributed by atoms with E-state index in [2.05, 4.69) is 11.9 Å². The molecule has 2 aromatic rings. The lowest BCUT2D eigenvalue weighted by molar-refractivity contribution is 0.0737. The van der Waals surface area contributed by atoms with E-state index in [0.29, 0.717) is 24.8 Å². The van der Waals surface area contributed by atoms with Gasteiger partial charge in [-0.1, -0.05) is 25.1 Å². The summed E-state index contributed by atoms with van der Waals surface area (Å²) in [5.41, 5.74) is 0.828. The number of amides is 1. The van der Waals surface area contributed by atoms with Crippen molar-refractivity contribution in [2.45, 2.75) is 38.0 Å². The lowest BCUT2D eigenvalue weighted by Gasteiger charge is -2.21. The fourth-order valence-electron chi connectivity index (χ4n) is 2.54. The monoisotopic (exact) mass is 333 g/mol. The van der Waals surface area contributed by atoms with Crippen LogP contribution in [-0.2, 0) is 13.1 Å². The number of carbonyl (C=O) groups excluding carboxylic acids is 1. The van der Waals surface area contributed by atoms with Crippen LogP contribution < -0.4 is 5.56 Å². The molecule has 0 fully saturated rings. The van der Waals surface area contributed by atoms with Gasteiger partial charge in [0.25, 0.3) is 11.5 Å². The molecule has 0 aromatic carbocycles. The van der Waals surface area contributed by atoms with E-state index in [9.17, 15) is 9.59 Å². The molecule has 0 bridgehead atoms. The number of thioether (sulfide) groups is 1. The van der Waals surface area contributed by atoms with Gasteiger partial charge in [0.15, 0.2) is 5.16 Å². The summed E-state index contributed by atoms with van der Waals surface area (Å²) in [6.45, 7) is 3.73. The SMILES string of the molecule is CCCCN(Cc1ccoc1)C(=O)c1cnc2n(c1=O)CCS2. The maximum atomic E-state index is 12.8. The number of fused-ring (bicyclic) bond motifs is 1. The van der Waals surface area contributed by atoms with E-state index in [4.69, 9.17) is 4.42 Å². The van der Waals surface area contributed by atoms with Crippen LogP contribution in [0.3, 0.4) is 0 Å². The highest BCUT2D eigenvalue weighted by Crippen LogP contribution is 2.21. The van der Waals surface area contributed by atoms with Crippen molar-refractivity contribution in [1.29, 1.82) is 0 Å². The third-order valence-electron chi connectivity index (χ3n) is 3.81. The van der Waals surface area contributed by atoms with Crippen LogP contribution in [0, 0.1) is 0 Å². The van der Waals surface area contributed by atoms with Gasteiger partial charge < -0.3 is 9.32 Å². The van der Waals surface area contributed by atoms with Gasteiger partial charge >= 0.3 is 0 Å². The first-order valence-corrected chi connectivity index (χ1v) is 8.72. The number of unbranched alkanes of at least 4 members (excludes halogenated alkanes) is 1. The molecule has 0 radical (unpaired) electrons. The molecular formula is C16H19N3O3S. The number of carbonyl (C=O) groups is 1. The van der Waals surface area contributed by atoms with Crippen molar-refractivity contribution in [3.8, 4) is 0 Å². The standard InChI is InChI=1S/C16H19N3O3S/c1-2-3-5-18(10-12-4-7-22-11-12)14(20)13-9-17-16-19(15(13)21)6-8-23-16/h4,7,9,11H,2-3,5-6,8,10H2,1H3. The van der Waals surface area contributed by atoms with Crippen LogP contribution in [0.4, 0.5) is 0 Å². The Bertz CT molecular complexity index is 740. The molecular weight excluding hydrogens is 314 g/mol. The third kappa shape index (κ3) is 3.34. The van der Waals surface area contributed by atoms with Gasteiger partial charge in [-0.3, -0.25) is 14.2 Å². The molecule has 0 unspecified atom stereocenters. The smallest absolute Gasteiger partial charge is 0.267 e. The quantitative estimate of drug-likeness (QED) is 0.759. The second-order valence-corrected chi connectivity index (χ2v) is 6.53. The average Bonchev–Trinajstić information content (AvgIpc) is 3.22. The van der Waals surface area contributed by atoms with Gasteiger partial charge in [-0.25, -0.2) is 4.98 Å². The highest BCUT2D eigenvalue weighted by Gasteiger charge is 2.23. The summed E-state index contributed by atoms with van der Waals surface area (Å²) in [5, 5.41) is 0.696. The number of furan rings is 1. The summed E-state index contributed by atoms with van der Waals surface area (Å²) in [6, 6.07) is 1.83. The van der Waals surface area contributed by atoms with Crippen molar-refractivity contribution in [3.05, 3.63) is 46.3 Å². The minimum atomic E-state index is -0.260. The van der Waals surface area contributed by atoms with Gasteiger partial charge in [-0.15, -0.1) is 0 Å². The number of aromatic nitrogens is 2. The number of rotatable bonds is 6. The first-order chi connectivity index (χ1) is 11.2. The molecule has 0 N–H and O–H groups in total. The third-order valence-corrected chi connectivity index (χ3v) is 4.78. The lowest BCUT2D eigenvalue weighted by atomic mass is 10.2. The van der Waals surface area contributed by atoms with Crippen molar-refractivity contribution < 1.29 is 9.21 Å². The zero-order chi connectivity index (χ0) is 16.2. The van der Waals surface area contributed by atoms with Crippen molar-refractivity contribution in [2.75, 3.05) is 12.3 Å². The molecule has 6 nitrogen and oxygen atoms in total. The summed E-state index contributed by atoms with van der Waals surface area (Å²) < 4.78 is 6.66. The molecule has 1 aliphatic rings. The summed E-state index contributed by atoms with van der Waals surface area (Å²) in [4.78, 5) is 31.3. The van der Waals surface area contributed by atoms with E-state index in [1.165, 1.54) is 6.20 Å². The van der Waals surface area contributed by atoms with Crippen LogP contribution in [0.15, 0.2) is 39.2 Å². The van der Waals surface area contributed by atoms with Crippen LogP contribution in [0.1, 0.15) is 35.7 Å². The molecule has 23 heavy (non-hydrogen) atoms. The molecule has 1 aliphatic heterocycles. The minimum Gasteiger partial charge on any atom is -0.472 e. The summed E-state index contributed by atoms with van der Waals surface area (Å²) in [6.07, 6.45) is 6.49. The van der Waals surface area contributed by atoms with E-state index in [-0.39, 0.29) is 17.0 Å². The predicted octanol–water partition coefficient (Wildman–Crippen LogP) is 2.38. The van der Waals surface area contributed by atoms with Crippen LogP contribution in [0.25, 0.3) is 0 Å². The molecule has 1 amide bonds. The van der Waals surface area contributed by atoms with Gasteiger partial charge in [-0.2, -0.15) is 0 Å². The summed E-state index contributed by atoms with van der Waals surface area (Å²) in [5.74, 6) is 0.568. The van der Waals surface area contributed by atoms with Crippen molar-refractivity contribution in [2.24, 2.45) is 0 Å². The second-order valence-electron chi connectivity index (χ2n) is 5.47. The Hall–Kier alpha value is -2.02. The highest BCUT2D eigenvalue weighted by atomic mass is 32.2. The average molecular weight is 333 g/mol. The molecule has 0 aliphatic carbocycles. The fourth-order valence-corrected chi connectivity index (χ4v) is 3.45. The predicted molar refractivity (Wildman–Crippen MR) is 87.6 cm³/mol. The van der Waals surface area contributed by atoms with Gasteiger partial charge in [0.2, 0.25) is 0 Å². The molecule has 122 valence electrons. The van der Waals surface area contributed by atoms with E-state index in [1.54, 1.807) is 33.8 Å². The summed E-state index contributed by atoms with van der Waals surface area (Å²) in [7, 11) is 0. The van der Waals surface area contributed by atoms with E-state index in [1.807, 2.05) is 6.07 Å². The van der Waals surface area contributed by atoms with Crippen LogP contribution in [-0.4, -0.2) is 32.7 Å². The molecule has 0 saturated heterocycles. The maximum Gasteiger partial charge on any atom is 0.267 e. The molecule has 3 heterocycles. The van der Waals surface area contributed by atoms with E-state index in [0.717, 1.165) is 24.2 Å². The molecule has 2 aromatic heterocycles. The Balaban J connectivity index is 1.87. The highest BCUT2D eigenvalue weighted by molar-refractivity contribution is 7.99. The van der Waals surface area contributed by atoms with Gasteiger partial charge in [0.05, 0.1) is 12.5 Å². The van der Waals surface area contributed by atoms with Crippen molar-refractivity contribution in [3.63, 3.8) is 0 Å². The molecule has 7 heteroatoms. The van der Waals surface area contributed by atoms with Gasteiger partial charge in [0, 0.05) is 37.1 Å². The zero-order valence-electron chi connectivity index (χ0n) is 13.0. The van der Waals surface area contributed by atoms with Gasteiger partial charge in [0.1, 0.15) is 5.56 Å². The Morgan fingerprint density at radius 3 is 3.13 bits per heavy atom. The maximum absolute atomic E-state index is 12.8. The lowest BCUT2D eigenvalue weighted by Crippen LogP contribution is -2.37. The fraction of sp³-hybridized carbons (Fsp3) is 0.438. The first-order valence-electron chi connectivity index (χ1n) is 7.73. The Labute approximate surface area is 138 Å². The van der Waals surface area contributed by atoms with Crippen LogP contribution in [0.2, 0.25) is 0 Å². The molecule has 0 atom stereocenters. The largest absolute Gasteiger partial charge is 0.472 e. The summed E-state index contributed by atoms with van der Waals surface area (Å²) >= 11 is 1.54. The molecule has 3 rings (SSSR count). The normalized spacial score (nSPS) is 13.1. The van der Waals surface area contributed by atoms with Gasteiger partial charge in [-0.05, 0) is 12.5 Å². The molecule has 0 saturated carbocycles. The number of hydrogen-bond donors (Lipinski definition) is 0. The zero-order valence-corrected chi connectivity index (χ0v) is 13.8. The van der Waals surface area contributed by atoms with E-state index >= 15 is 0 Å². The molecule has 0 spiro atoms. The van der Waals surface area contributed by atoms with E-state index < -0.39 is 0 Å². The Morgan fingerprint density at radius 2 is 2.39 bits per heavy atom. The second kappa shape index (κ2) is 7.04.